The molecule has 2 aliphatic rings. The van der Waals surface area contributed by atoms with Crippen LogP contribution in [0.2, 0.25) is 0 Å². The lowest BCUT2D eigenvalue weighted by Crippen LogP contribution is -2.37. The summed E-state index contributed by atoms with van der Waals surface area (Å²) < 4.78 is 5.28. The van der Waals surface area contributed by atoms with Crippen LogP contribution >= 0.6 is 0 Å². The maximum absolute atomic E-state index is 11.7. The summed E-state index contributed by atoms with van der Waals surface area (Å²) in [5, 5.41) is 0. The number of amides is 1. The van der Waals surface area contributed by atoms with Crippen molar-refractivity contribution in [2.75, 3.05) is 13.1 Å². The van der Waals surface area contributed by atoms with Gasteiger partial charge >= 0.3 is 6.09 Å². The van der Waals surface area contributed by atoms with Gasteiger partial charge in [-0.3, -0.25) is 0 Å². The third kappa shape index (κ3) is 2.77. The number of carbonyl (C=O) groups is 1. The van der Waals surface area contributed by atoms with Gasteiger partial charge in [-0.25, -0.2) is 4.79 Å². The van der Waals surface area contributed by atoms with Gasteiger partial charge in [-0.05, 0) is 24.7 Å². The number of rotatable bonds is 1. The summed E-state index contributed by atoms with van der Waals surface area (Å²) in [6, 6.07) is 0. The first kappa shape index (κ1) is 11.5. The Balaban J connectivity index is 1.88. The highest BCUT2D eigenvalue weighted by molar-refractivity contribution is 5.68. The third-order valence-corrected chi connectivity index (χ3v) is 3.22. The Hall–Kier alpha value is -0.990. The smallest absolute Gasteiger partial charge is 0.410 e. The second-order valence-corrected chi connectivity index (χ2v) is 5.76. The van der Waals surface area contributed by atoms with Gasteiger partial charge in [0.2, 0.25) is 0 Å². The lowest BCUT2D eigenvalue weighted by molar-refractivity contribution is 0.0977. The molecule has 16 heavy (non-hydrogen) atoms. The lowest BCUT2D eigenvalue weighted by atomic mass is 9.83. The van der Waals surface area contributed by atoms with E-state index in [9.17, 15) is 4.79 Å². The first-order valence-electron chi connectivity index (χ1n) is 6.12. The van der Waals surface area contributed by atoms with Gasteiger partial charge < -0.3 is 9.64 Å². The fourth-order valence-electron chi connectivity index (χ4n) is 1.92. The van der Waals surface area contributed by atoms with E-state index in [2.05, 4.69) is 26.8 Å². The van der Waals surface area contributed by atoms with E-state index < -0.39 is 0 Å². The number of hydrogen-bond acceptors (Lipinski definition) is 2. The Kier molecular flexibility index (Phi) is 2.96. The summed E-state index contributed by atoms with van der Waals surface area (Å²) in [7, 11) is 0. The topological polar surface area (TPSA) is 29.5 Å². The van der Waals surface area contributed by atoms with Crippen LogP contribution in [0, 0.1) is 5.41 Å². The molecule has 0 unspecified atom stereocenters. The van der Waals surface area contributed by atoms with Gasteiger partial charge in [-0.2, -0.15) is 0 Å². The van der Waals surface area contributed by atoms with Crippen LogP contribution in [-0.4, -0.2) is 30.2 Å². The molecule has 0 bridgehead atoms. The second kappa shape index (κ2) is 4.11. The molecule has 0 aromatic rings. The predicted octanol–water partition coefficient (Wildman–Crippen LogP) is 2.96. The quantitative estimate of drug-likeness (QED) is 0.640. The third-order valence-electron chi connectivity index (χ3n) is 3.22. The van der Waals surface area contributed by atoms with Crippen molar-refractivity contribution in [1.82, 2.24) is 4.90 Å². The average Bonchev–Trinajstić information content (AvgIpc) is 3.00. The minimum Gasteiger partial charge on any atom is -0.446 e. The molecule has 1 fully saturated rings. The van der Waals surface area contributed by atoms with Crippen LogP contribution in [0.5, 0.6) is 0 Å². The van der Waals surface area contributed by atoms with Gasteiger partial charge in [0.1, 0.15) is 6.10 Å². The maximum atomic E-state index is 11.7. The van der Waals surface area contributed by atoms with Gasteiger partial charge in [-0.1, -0.05) is 32.4 Å². The molecule has 3 nitrogen and oxygen atoms in total. The molecule has 2 rings (SSSR count). The Morgan fingerprint density at radius 2 is 2.12 bits per heavy atom. The summed E-state index contributed by atoms with van der Waals surface area (Å²) in [6.07, 6.45) is 5.32. The van der Waals surface area contributed by atoms with E-state index in [0.717, 1.165) is 25.8 Å². The SMILES string of the molecule is CC(C)(C)C1=CCN(C(=O)OC2CC2)CC1. The van der Waals surface area contributed by atoms with Crippen LogP contribution in [0.4, 0.5) is 4.79 Å². The first-order chi connectivity index (χ1) is 7.47. The van der Waals surface area contributed by atoms with Gasteiger partial charge in [-0.15, -0.1) is 0 Å². The van der Waals surface area contributed by atoms with Crippen LogP contribution in [-0.2, 0) is 4.74 Å². The second-order valence-electron chi connectivity index (χ2n) is 5.76. The molecule has 90 valence electrons. The monoisotopic (exact) mass is 223 g/mol. The van der Waals surface area contributed by atoms with E-state index in [4.69, 9.17) is 4.74 Å². The number of nitrogens with zero attached hydrogens (tertiary/aromatic N) is 1. The van der Waals surface area contributed by atoms with Crippen LogP contribution in [0.1, 0.15) is 40.0 Å². The Bertz CT molecular complexity index is 310. The standard InChI is InChI=1S/C13H21NO2/c1-13(2,3)10-6-8-14(9-7-10)12(15)16-11-4-5-11/h6,11H,4-5,7-9H2,1-3H3. The highest BCUT2D eigenvalue weighted by atomic mass is 16.6. The van der Waals surface area contributed by atoms with Crippen LogP contribution in [0.3, 0.4) is 0 Å². The van der Waals surface area contributed by atoms with Crippen molar-refractivity contribution in [3.63, 3.8) is 0 Å². The van der Waals surface area contributed by atoms with Crippen molar-refractivity contribution in [1.29, 1.82) is 0 Å². The molecule has 1 aliphatic heterocycles. The van der Waals surface area contributed by atoms with E-state index in [1.807, 2.05) is 0 Å². The van der Waals surface area contributed by atoms with Gasteiger partial charge in [0.15, 0.2) is 0 Å². The maximum Gasteiger partial charge on any atom is 0.410 e. The molecule has 0 aromatic heterocycles. The molecule has 1 amide bonds. The van der Waals surface area contributed by atoms with Crippen molar-refractivity contribution in [3.8, 4) is 0 Å². The van der Waals surface area contributed by atoms with Crippen molar-refractivity contribution in [2.45, 2.75) is 46.1 Å². The number of hydrogen-bond donors (Lipinski definition) is 0. The van der Waals surface area contributed by atoms with E-state index in [-0.39, 0.29) is 17.6 Å². The van der Waals surface area contributed by atoms with Gasteiger partial charge in [0, 0.05) is 13.1 Å². The summed E-state index contributed by atoms with van der Waals surface area (Å²) in [5.41, 5.74) is 1.68. The first-order valence-corrected chi connectivity index (χ1v) is 6.12. The van der Waals surface area contributed by atoms with E-state index >= 15 is 0 Å². The molecule has 1 aliphatic carbocycles. The Labute approximate surface area is 97.5 Å². The molecule has 0 radical (unpaired) electrons. The molecule has 0 N–H and O–H groups in total. The minimum atomic E-state index is -0.133. The zero-order valence-electron chi connectivity index (χ0n) is 10.5. The normalized spacial score (nSPS) is 21.7. The molecule has 1 saturated carbocycles. The molecular formula is C13H21NO2. The summed E-state index contributed by atoms with van der Waals surface area (Å²) in [6.45, 7) is 8.16. The lowest BCUT2D eigenvalue weighted by Gasteiger charge is -2.31. The van der Waals surface area contributed by atoms with Crippen molar-refractivity contribution < 1.29 is 9.53 Å². The highest BCUT2D eigenvalue weighted by Crippen LogP contribution is 2.31. The summed E-state index contributed by atoms with van der Waals surface area (Å²) in [4.78, 5) is 13.5. The Morgan fingerprint density at radius 1 is 1.44 bits per heavy atom. The largest absolute Gasteiger partial charge is 0.446 e. The molecule has 3 heteroatoms. The molecule has 0 aromatic carbocycles. The molecule has 1 heterocycles. The minimum absolute atomic E-state index is 0.133. The molecule has 0 saturated heterocycles. The fraction of sp³-hybridized carbons (Fsp3) is 0.769. The zero-order chi connectivity index (χ0) is 11.8. The molecule has 0 spiro atoms. The average molecular weight is 223 g/mol. The fourth-order valence-corrected chi connectivity index (χ4v) is 1.92. The molecule has 0 atom stereocenters. The van der Waals surface area contributed by atoms with Crippen LogP contribution < -0.4 is 0 Å². The van der Waals surface area contributed by atoms with Crippen molar-refractivity contribution in [2.24, 2.45) is 5.41 Å². The summed E-state index contributed by atoms with van der Waals surface area (Å²) >= 11 is 0. The van der Waals surface area contributed by atoms with Gasteiger partial charge in [0.05, 0.1) is 0 Å². The summed E-state index contributed by atoms with van der Waals surface area (Å²) in [5.74, 6) is 0. The molecular weight excluding hydrogens is 202 g/mol. The zero-order valence-corrected chi connectivity index (χ0v) is 10.5. The van der Waals surface area contributed by atoms with E-state index in [1.165, 1.54) is 5.57 Å². The van der Waals surface area contributed by atoms with Crippen molar-refractivity contribution >= 4 is 6.09 Å². The number of ether oxygens (including phenoxy) is 1. The number of carbonyl (C=O) groups excluding carboxylic acids is 1. The van der Waals surface area contributed by atoms with Crippen LogP contribution in [0.25, 0.3) is 0 Å². The van der Waals surface area contributed by atoms with Crippen molar-refractivity contribution in [3.05, 3.63) is 11.6 Å². The Morgan fingerprint density at radius 3 is 2.56 bits per heavy atom. The van der Waals surface area contributed by atoms with E-state index in [1.54, 1.807) is 4.90 Å². The predicted molar refractivity (Wildman–Crippen MR) is 63.2 cm³/mol. The van der Waals surface area contributed by atoms with Crippen LogP contribution in [0.15, 0.2) is 11.6 Å². The van der Waals surface area contributed by atoms with E-state index in [0.29, 0.717) is 6.54 Å². The van der Waals surface area contributed by atoms with Gasteiger partial charge in [0.25, 0.3) is 0 Å². The highest BCUT2D eigenvalue weighted by Gasteiger charge is 2.30.